The number of carbonyl (C=O) groups is 3. The zero-order valence-electron chi connectivity index (χ0n) is 26.6. The first-order valence-corrected chi connectivity index (χ1v) is 14.8. The molecule has 276 valence electrons. The number of benzene rings is 2. The van der Waals surface area contributed by atoms with Gasteiger partial charge in [-0.25, -0.2) is 9.59 Å². The number of ether oxygens (including phenoxy) is 7. The van der Waals surface area contributed by atoms with Gasteiger partial charge in [-0.15, -0.1) is 0 Å². The van der Waals surface area contributed by atoms with Gasteiger partial charge >= 0.3 is 12.1 Å². The van der Waals surface area contributed by atoms with Crippen LogP contribution in [0.25, 0.3) is 0 Å². The Morgan fingerprint density at radius 2 is 1.60 bits per heavy atom. The van der Waals surface area contributed by atoms with Gasteiger partial charge in [0.15, 0.2) is 6.10 Å². The van der Waals surface area contributed by atoms with Crippen molar-refractivity contribution >= 4 is 36.6 Å². The zero-order chi connectivity index (χ0) is 34.7. The third-order valence-electron chi connectivity index (χ3n) is 6.62. The van der Waals surface area contributed by atoms with Gasteiger partial charge in [0.05, 0.1) is 57.0 Å². The molecule has 1 aliphatic rings. The molecular formula is C31H37N3O14TaTb-2. The molecule has 2 amide bonds. The summed E-state index contributed by atoms with van der Waals surface area (Å²) in [4.78, 5) is 58.3. The van der Waals surface area contributed by atoms with Crippen LogP contribution in [-0.4, -0.2) is 99.1 Å². The van der Waals surface area contributed by atoms with Crippen LogP contribution in [0.5, 0.6) is 5.75 Å². The molecule has 1 aliphatic heterocycles. The number of carbonyl (C=O) groups excluding carboxylic acids is 4. The van der Waals surface area contributed by atoms with Gasteiger partial charge in [0, 0.05) is 92.5 Å². The molecule has 0 spiro atoms. The number of hydrogen-bond donors (Lipinski definition) is 5. The van der Waals surface area contributed by atoms with Crippen molar-refractivity contribution in [3.05, 3.63) is 58.7 Å². The Balaban J connectivity index is 0.00000625. The molecule has 0 saturated carbocycles. The van der Waals surface area contributed by atoms with E-state index >= 15 is 0 Å². The van der Waals surface area contributed by atoms with E-state index in [2.05, 4.69) is 20.1 Å². The van der Waals surface area contributed by atoms with E-state index < -0.39 is 36.5 Å². The number of hydrogen-bond acceptors (Lipinski definition) is 14. The molecule has 2 aromatic rings. The summed E-state index contributed by atoms with van der Waals surface area (Å²) >= 11 is 0. The Hall–Kier alpha value is -2.78. The first-order valence-electron chi connectivity index (χ1n) is 14.8. The van der Waals surface area contributed by atoms with E-state index in [1.54, 1.807) is 12.1 Å². The first-order chi connectivity index (χ1) is 23.2. The molecule has 1 fully saturated rings. The second kappa shape index (κ2) is 25.2. The van der Waals surface area contributed by atoms with Crippen LogP contribution in [0.2, 0.25) is 0 Å². The average molecular weight is 1020 g/mol. The maximum atomic E-state index is 13.2. The number of rotatable bonds is 21. The molecular weight excluding hydrogens is 978 g/mol. The third kappa shape index (κ3) is 16.0. The average Bonchev–Trinajstić information content (AvgIpc) is 3.07. The van der Waals surface area contributed by atoms with E-state index in [-0.39, 0.29) is 124 Å². The van der Waals surface area contributed by atoms with E-state index in [0.717, 1.165) is 0 Å². The smallest absolute Gasteiger partial charge is 0.411 e. The van der Waals surface area contributed by atoms with Crippen molar-refractivity contribution in [3.8, 4) is 5.75 Å². The van der Waals surface area contributed by atoms with Crippen LogP contribution in [0.1, 0.15) is 39.9 Å². The minimum Gasteiger partial charge on any atom is -0.650 e. The Labute approximate surface area is 334 Å². The normalized spacial score (nSPS) is 16.4. The fraction of sp³-hybridized carbons (Fsp3) is 0.452. The number of aliphatic hydroxyl groups is 1. The molecule has 2 radical (unpaired) electrons. The molecule has 3 atom stereocenters. The van der Waals surface area contributed by atoms with Gasteiger partial charge < -0.3 is 64.0 Å². The molecule has 2 aromatic carbocycles. The summed E-state index contributed by atoms with van der Waals surface area (Å²) in [5, 5.41) is 24.7. The summed E-state index contributed by atoms with van der Waals surface area (Å²) in [7, 11) is 0. The van der Waals surface area contributed by atoms with Crippen LogP contribution in [0.3, 0.4) is 0 Å². The third-order valence-corrected chi connectivity index (χ3v) is 6.62. The fourth-order valence-electron chi connectivity index (χ4n) is 4.41. The second-order valence-corrected chi connectivity index (χ2v) is 10.2. The maximum absolute atomic E-state index is 13.2. The quantitative estimate of drug-likeness (QED) is 0.0656. The van der Waals surface area contributed by atoms with Crippen LogP contribution in [0, 0.1) is 38.6 Å². The van der Waals surface area contributed by atoms with Crippen molar-refractivity contribution in [2.75, 3.05) is 44.8 Å². The van der Waals surface area contributed by atoms with Crippen molar-refractivity contribution in [2.24, 2.45) is 5.73 Å². The van der Waals surface area contributed by atoms with E-state index in [4.69, 9.17) is 29.4 Å². The van der Waals surface area contributed by atoms with Gasteiger partial charge in [-0.3, -0.25) is 10.1 Å². The number of nitrogens with one attached hydrogen (secondary N) is 2. The van der Waals surface area contributed by atoms with Gasteiger partial charge in [-0.05, 0) is 35.4 Å². The van der Waals surface area contributed by atoms with Crippen molar-refractivity contribution in [3.63, 3.8) is 0 Å². The van der Waals surface area contributed by atoms with E-state index in [1.807, 2.05) is 0 Å². The van der Waals surface area contributed by atoms with E-state index in [9.17, 15) is 34.2 Å². The van der Waals surface area contributed by atoms with Gasteiger partial charge in [0.2, 0.25) is 6.29 Å². The van der Waals surface area contributed by atoms with Gasteiger partial charge in [-0.2, -0.15) is 0 Å². The summed E-state index contributed by atoms with van der Waals surface area (Å²) in [6.07, 6.45) is -4.47. The van der Waals surface area contributed by atoms with Crippen molar-refractivity contribution in [1.29, 1.82) is 0 Å². The summed E-state index contributed by atoms with van der Waals surface area (Å²) in [6, 6.07) is 8.99. The van der Waals surface area contributed by atoms with Gasteiger partial charge in [0.25, 0.3) is 5.91 Å². The summed E-state index contributed by atoms with van der Waals surface area (Å²) in [5.41, 5.74) is 6.94. The van der Waals surface area contributed by atoms with Gasteiger partial charge in [-0.1, -0.05) is 25.1 Å². The summed E-state index contributed by atoms with van der Waals surface area (Å²) < 4.78 is 36.6. The molecule has 0 aliphatic carbocycles. The summed E-state index contributed by atoms with van der Waals surface area (Å²) in [5.74, 6) is -1.80. The topological polar surface area (TPSA) is 240 Å². The number of anilines is 1. The Morgan fingerprint density at radius 1 is 0.920 bits per heavy atom. The van der Waals surface area contributed by atoms with Crippen molar-refractivity contribution in [2.45, 2.75) is 51.2 Å². The Morgan fingerprint density at radius 3 is 2.30 bits per heavy atom. The molecule has 3 rings (SSSR count). The minimum atomic E-state index is -1.30. The molecule has 1 heterocycles. The molecule has 3 unspecified atom stereocenters. The van der Waals surface area contributed by atoms with E-state index in [1.165, 1.54) is 37.2 Å². The number of carboxylic acid groups (broad SMARTS) is 1. The molecule has 1 saturated heterocycles. The molecule has 6 N–H and O–H groups in total. The minimum absolute atomic E-state index is 0. The Kier molecular flexibility index (Phi) is 22.8. The van der Waals surface area contributed by atoms with Crippen LogP contribution in [0.4, 0.5) is 10.5 Å². The largest absolute Gasteiger partial charge is 0.650 e. The number of nitrogens with two attached hydrogens (primary N) is 1. The summed E-state index contributed by atoms with van der Waals surface area (Å²) in [6.45, 7) is 3.73. The fourth-order valence-corrected chi connectivity index (χ4v) is 4.41. The molecule has 50 heavy (non-hydrogen) atoms. The molecule has 17 nitrogen and oxygen atoms in total. The second-order valence-electron chi connectivity index (χ2n) is 10.2. The zero-order valence-corrected chi connectivity index (χ0v) is 32.0. The molecule has 0 aromatic heterocycles. The SMILES string of the molecule is NCCOCCOCCNC(=O)c1cc(COC(=O)Nc2ccc(CO[C-]=O)cc2CO[C-]=O)ccc1OC1CC(O)CC(C(=O)O)O1.[Ta].[Tb]. The monoisotopic (exact) mass is 1020 g/mol. The van der Waals surface area contributed by atoms with Crippen molar-refractivity contribution in [1.82, 2.24) is 5.32 Å². The van der Waals surface area contributed by atoms with Crippen LogP contribution >= 0.6 is 0 Å². The van der Waals surface area contributed by atoms with Crippen LogP contribution in [0.15, 0.2) is 36.4 Å². The predicted octanol–water partition coefficient (Wildman–Crippen LogP) is 0.652. The first kappa shape index (κ1) is 45.2. The number of carboxylic acids is 1. The molecule has 19 heteroatoms. The van der Waals surface area contributed by atoms with E-state index in [0.29, 0.717) is 43.1 Å². The predicted molar refractivity (Wildman–Crippen MR) is 163 cm³/mol. The van der Waals surface area contributed by atoms with Crippen LogP contribution in [-0.2, 0) is 85.0 Å². The number of aliphatic hydroxyl groups excluding tert-OH is 1. The van der Waals surface area contributed by atoms with Gasteiger partial charge in [0.1, 0.15) is 12.4 Å². The number of aliphatic carboxylic acids is 1. The standard InChI is InChI=1S/C31H37N3O14.Ta.Tb/c32-5-7-42-9-10-43-8-6-33-29(38)24-12-21(2-4-26(24)47-28-14-23(37)13-27(48-28)30(39)40)16-46-31(41)34-25-3-1-20(15-44-18-35)11-22(25)17-45-19-36;;/h1-4,11-12,23,27-28,37H,5-10,13-17,32H2,(H,33,38)(H,34,41)(H,39,40);;/q-2;;. The molecule has 0 bridgehead atoms. The number of amides is 2. The van der Waals surface area contributed by atoms with Crippen LogP contribution < -0.4 is 21.1 Å². The Bertz CT molecular complexity index is 1390. The maximum Gasteiger partial charge on any atom is 0.411 e. The van der Waals surface area contributed by atoms with Crippen molar-refractivity contribution < 1.29 is 128 Å².